The average molecular weight is 398 g/mol. The Labute approximate surface area is 152 Å². The predicted octanol–water partition coefficient (Wildman–Crippen LogP) is 1.95. The van der Waals surface area contributed by atoms with E-state index in [4.69, 9.17) is 0 Å². The quantitative estimate of drug-likeness (QED) is 0.718. The van der Waals surface area contributed by atoms with Crippen LogP contribution in [0.4, 0.5) is 11.4 Å². The molecule has 2 N–H and O–H groups in total. The first-order valence-corrected chi connectivity index (χ1v) is 10.7. The summed E-state index contributed by atoms with van der Waals surface area (Å²) in [6.45, 7) is 1.64. The van der Waals surface area contributed by atoms with E-state index in [1.807, 2.05) is 0 Å². The van der Waals surface area contributed by atoms with Gasteiger partial charge in [0.1, 0.15) is 0 Å². The van der Waals surface area contributed by atoms with Crippen molar-refractivity contribution in [3.8, 4) is 0 Å². The Bertz CT molecular complexity index is 1050. The Balaban J connectivity index is 2.30. The van der Waals surface area contributed by atoms with Gasteiger partial charge in [0.05, 0.1) is 29.5 Å². The van der Waals surface area contributed by atoms with Crippen LogP contribution in [0.5, 0.6) is 0 Å². The molecule has 0 fully saturated rings. The van der Waals surface area contributed by atoms with Gasteiger partial charge in [0.25, 0.3) is 10.0 Å². The van der Waals surface area contributed by atoms with E-state index in [9.17, 15) is 21.6 Å². The SMILES string of the molecule is COC(=O)c1cccc(S(=O)(=O)Nc2ccc(NS(C)(=O)=O)c(C)c2)c1. The van der Waals surface area contributed by atoms with Crippen molar-refractivity contribution >= 4 is 37.4 Å². The van der Waals surface area contributed by atoms with Gasteiger partial charge in [-0.15, -0.1) is 0 Å². The maximum Gasteiger partial charge on any atom is 0.337 e. The second kappa shape index (κ2) is 7.34. The lowest BCUT2D eigenvalue weighted by molar-refractivity contribution is 0.0600. The van der Waals surface area contributed by atoms with Gasteiger partial charge in [-0.3, -0.25) is 9.44 Å². The topological polar surface area (TPSA) is 119 Å². The fraction of sp³-hybridized carbons (Fsp3) is 0.188. The summed E-state index contributed by atoms with van der Waals surface area (Å²) in [7, 11) is -6.17. The molecular weight excluding hydrogens is 380 g/mol. The molecule has 0 spiro atoms. The number of aryl methyl sites for hydroxylation is 1. The highest BCUT2D eigenvalue weighted by atomic mass is 32.2. The van der Waals surface area contributed by atoms with Crippen LogP contribution >= 0.6 is 0 Å². The molecule has 2 aromatic rings. The summed E-state index contributed by atoms with van der Waals surface area (Å²) in [5.41, 5.74) is 1.26. The molecule has 0 bridgehead atoms. The molecule has 8 nitrogen and oxygen atoms in total. The molecule has 0 aliphatic carbocycles. The third-order valence-corrected chi connectivity index (χ3v) is 5.31. The lowest BCUT2D eigenvalue weighted by atomic mass is 10.2. The molecule has 0 heterocycles. The van der Waals surface area contributed by atoms with Crippen molar-refractivity contribution in [2.45, 2.75) is 11.8 Å². The summed E-state index contributed by atoms with van der Waals surface area (Å²) >= 11 is 0. The van der Waals surface area contributed by atoms with E-state index < -0.39 is 26.0 Å². The van der Waals surface area contributed by atoms with Crippen LogP contribution in [0, 0.1) is 6.92 Å². The summed E-state index contributed by atoms with van der Waals surface area (Å²) in [6, 6.07) is 9.82. The minimum absolute atomic E-state index is 0.101. The molecule has 0 amide bonds. The Kier molecular flexibility index (Phi) is 5.57. The van der Waals surface area contributed by atoms with Crippen LogP contribution in [-0.4, -0.2) is 36.2 Å². The van der Waals surface area contributed by atoms with Gasteiger partial charge in [0, 0.05) is 5.69 Å². The first-order valence-electron chi connectivity index (χ1n) is 7.31. The molecule has 140 valence electrons. The summed E-state index contributed by atoms with van der Waals surface area (Å²) in [6.07, 6.45) is 1.03. The first kappa shape index (κ1) is 19.7. The van der Waals surface area contributed by atoms with Crippen molar-refractivity contribution in [1.82, 2.24) is 0 Å². The van der Waals surface area contributed by atoms with E-state index in [-0.39, 0.29) is 16.1 Å². The first-order chi connectivity index (χ1) is 12.0. The van der Waals surface area contributed by atoms with Crippen LogP contribution in [0.2, 0.25) is 0 Å². The lowest BCUT2D eigenvalue weighted by Crippen LogP contribution is -2.15. The molecule has 0 saturated heterocycles. The molecule has 2 rings (SSSR count). The summed E-state index contributed by atoms with van der Waals surface area (Å²) in [5.74, 6) is -0.644. The van der Waals surface area contributed by atoms with E-state index >= 15 is 0 Å². The number of rotatable bonds is 6. The second-order valence-electron chi connectivity index (χ2n) is 5.53. The Morgan fingerprint density at radius 3 is 2.27 bits per heavy atom. The highest BCUT2D eigenvalue weighted by molar-refractivity contribution is 7.92. The molecule has 0 saturated carbocycles. The Morgan fingerprint density at radius 1 is 1.00 bits per heavy atom. The minimum Gasteiger partial charge on any atom is -0.465 e. The van der Waals surface area contributed by atoms with Gasteiger partial charge in [-0.1, -0.05) is 6.07 Å². The van der Waals surface area contributed by atoms with Gasteiger partial charge in [-0.2, -0.15) is 0 Å². The highest BCUT2D eigenvalue weighted by Gasteiger charge is 2.17. The lowest BCUT2D eigenvalue weighted by Gasteiger charge is -2.12. The Hall–Kier alpha value is -2.59. The van der Waals surface area contributed by atoms with E-state index in [0.717, 1.165) is 6.26 Å². The fourth-order valence-corrected chi connectivity index (χ4v) is 3.89. The van der Waals surface area contributed by atoms with Crippen molar-refractivity contribution in [2.24, 2.45) is 0 Å². The van der Waals surface area contributed by atoms with E-state index in [0.29, 0.717) is 11.3 Å². The van der Waals surface area contributed by atoms with Crippen molar-refractivity contribution in [3.63, 3.8) is 0 Å². The third kappa shape index (κ3) is 4.96. The van der Waals surface area contributed by atoms with Gasteiger partial charge < -0.3 is 4.74 Å². The minimum atomic E-state index is -3.94. The maximum absolute atomic E-state index is 12.5. The van der Waals surface area contributed by atoms with E-state index in [2.05, 4.69) is 14.2 Å². The van der Waals surface area contributed by atoms with Crippen LogP contribution in [0.25, 0.3) is 0 Å². The van der Waals surface area contributed by atoms with Crippen molar-refractivity contribution in [2.75, 3.05) is 22.8 Å². The molecule has 0 aliphatic rings. The number of anilines is 2. The zero-order chi connectivity index (χ0) is 19.5. The number of ether oxygens (including phenoxy) is 1. The van der Waals surface area contributed by atoms with Gasteiger partial charge in [0.2, 0.25) is 10.0 Å². The molecule has 2 aromatic carbocycles. The normalized spacial score (nSPS) is 11.7. The fourth-order valence-electron chi connectivity index (χ4n) is 2.16. The molecule has 0 radical (unpaired) electrons. The third-order valence-electron chi connectivity index (χ3n) is 3.34. The highest BCUT2D eigenvalue weighted by Crippen LogP contribution is 2.23. The predicted molar refractivity (Wildman–Crippen MR) is 98.2 cm³/mol. The smallest absolute Gasteiger partial charge is 0.337 e. The zero-order valence-electron chi connectivity index (χ0n) is 14.3. The number of hydrogen-bond acceptors (Lipinski definition) is 6. The van der Waals surface area contributed by atoms with Crippen molar-refractivity contribution in [1.29, 1.82) is 0 Å². The molecule has 0 aromatic heterocycles. The molecule has 0 atom stereocenters. The number of esters is 1. The monoisotopic (exact) mass is 398 g/mol. The standard InChI is InChI=1S/C16H18N2O6S2/c1-11-9-13(7-8-15(11)18-25(3,20)21)17-26(22,23)14-6-4-5-12(10-14)16(19)24-2/h4-10,17-18H,1-3H3. The summed E-state index contributed by atoms with van der Waals surface area (Å²) in [5, 5.41) is 0. The van der Waals surface area contributed by atoms with Gasteiger partial charge in [-0.25, -0.2) is 21.6 Å². The number of carbonyl (C=O) groups is 1. The van der Waals surface area contributed by atoms with Crippen molar-refractivity contribution < 1.29 is 26.4 Å². The number of sulfonamides is 2. The van der Waals surface area contributed by atoms with Crippen molar-refractivity contribution in [3.05, 3.63) is 53.6 Å². The molecule has 0 aliphatic heterocycles. The molecular formula is C16H18N2O6S2. The van der Waals surface area contributed by atoms with Crippen LogP contribution in [0.15, 0.2) is 47.4 Å². The maximum atomic E-state index is 12.5. The number of benzene rings is 2. The summed E-state index contributed by atoms with van der Waals surface area (Å²) < 4.78 is 57.0. The average Bonchev–Trinajstić information content (AvgIpc) is 2.55. The van der Waals surface area contributed by atoms with E-state index in [1.165, 1.54) is 49.6 Å². The summed E-state index contributed by atoms with van der Waals surface area (Å²) in [4.78, 5) is 11.5. The molecule has 10 heteroatoms. The largest absolute Gasteiger partial charge is 0.465 e. The van der Waals surface area contributed by atoms with Crippen LogP contribution in [0.1, 0.15) is 15.9 Å². The number of nitrogens with one attached hydrogen (secondary N) is 2. The van der Waals surface area contributed by atoms with Gasteiger partial charge in [0.15, 0.2) is 0 Å². The molecule has 26 heavy (non-hydrogen) atoms. The Morgan fingerprint density at radius 2 is 1.69 bits per heavy atom. The zero-order valence-corrected chi connectivity index (χ0v) is 15.9. The second-order valence-corrected chi connectivity index (χ2v) is 8.96. The number of carbonyl (C=O) groups excluding carboxylic acids is 1. The van der Waals surface area contributed by atoms with Gasteiger partial charge in [-0.05, 0) is 48.9 Å². The number of methoxy groups -OCH3 is 1. The van der Waals surface area contributed by atoms with Gasteiger partial charge >= 0.3 is 5.97 Å². The van der Waals surface area contributed by atoms with E-state index in [1.54, 1.807) is 6.92 Å². The number of hydrogen-bond donors (Lipinski definition) is 2. The van der Waals surface area contributed by atoms with Crippen LogP contribution in [-0.2, 0) is 24.8 Å². The molecule has 0 unspecified atom stereocenters. The van der Waals surface area contributed by atoms with Crippen LogP contribution < -0.4 is 9.44 Å². The van der Waals surface area contributed by atoms with Crippen LogP contribution in [0.3, 0.4) is 0 Å².